The van der Waals surface area contributed by atoms with E-state index in [0.717, 1.165) is 18.5 Å². The quantitative estimate of drug-likeness (QED) is 0.868. The summed E-state index contributed by atoms with van der Waals surface area (Å²) >= 11 is 0. The maximum Gasteiger partial charge on any atom is 0.222 e. The van der Waals surface area contributed by atoms with Crippen LogP contribution in [0.3, 0.4) is 0 Å². The number of nitriles is 1. The third-order valence-corrected chi connectivity index (χ3v) is 3.69. The Hall–Kier alpha value is -2.09. The fourth-order valence-electron chi connectivity index (χ4n) is 2.48. The highest BCUT2D eigenvalue weighted by Crippen LogP contribution is 2.28. The van der Waals surface area contributed by atoms with Crippen LogP contribution in [0, 0.1) is 24.2 Å². The number of carbonyl (C=O) groups is 1. The highest BCUT2D eigenvalue weighted by molar-refractivity contribution is 5.77. The van der Waals surface area contributed by atoms with Gasteiger partial charge in [-0.1, -0.05) is 0 Å². The number of hydrogen-bond donors (Lipinski definition) is 1. The molecule has 0 spiro atoms. The van der Waals surface area contributed by atoms with Crippen LogP contribution in [0.4, 0.5) is 5.82 Å². The minimum atomic E-state index is -0.275. The molecule has 1 aliphatic heterocycles. The SMILES string of the molecule is Cc1ccc(C#N)c(N2CC(C(N)=O)CCC2C)n1. The Balaban J connectivity index is 2.36. The summed E-state index contributed by atoms with van der Waals surface area (Å²) in [6.45, 7) is 4.52. The second kappa shape index (κ2) is 5.27. The average molecular weight is 258 g/mol. The zero-order valence-electron chi connectivity index (χ0n) is 11.3. The standard InChI is InChI=1S/C14H18N4O/c1-9-3-5-11(7-15)14(17-9)18-8-12(13(16)19)6-4-10(18)2/h3,5,10,12H,4,6,8H2,1-2H3,(H2,16,19). The number of rotatable bonds is 2. The van der Waals surface area contributed by atoms with Crippen LogP contribution in [0.25, 0.3) is 0 Å². The molecule has 5 nitrogen and oxygen atoms in total. The van der Waals surface area contributed by atoms with Crippen molar-refractivity contribution in [2.75, 3.05) is 11.4 Å². The van der Waals surface area contributed by atoms with Crippen LogP contribution in [0.2, 0.25) is 0 Å². The van der Waals surface area contributed by atoms with Gasteiger partial charge in [0.2, 0.25) is 5.91 Å². The molecule has 100 valence electrons. The van der Waals surface area contributed by atoms with Crippen LogP contribution < -0.4 is 10.6 Å². The van der Waals surface area contributed by atoms with Gasteiger partial charge in [-0.3, -0.25) is 4.79 Å². The molecular weight excluding hydrogens is 240 g/mol. The van der Waals surface area contributed by atoms with E-state index in [1.54, 1.807) is 6.07 Å². The van der Waals surface area contributed by atoms with Crippen LogP contribution in [0.1, 0.15) is 31.0 Å². The van der Waals surface area contributed by atoms with Gasteiger partial charge >= 0.3 is 0 Å². The second-order valence-corrected chi connectivity index (χ2v) is 5.11. The van der Waals surface area contributed by atoms with Gasteiger partial charge in [-0.05, 0) is 38.8 Å². The third-order valence-electron chi connectivity index (χ3n) is 3.69. The van der Waals surface area contributed by atoms with Crippen LogP contribution >= 0.6 is 0 Å². The Morgan fingerprint density at radius 2 is 2.26 bits per heavy atom. The van der Waals surface area contributed by atoms with E-state index in [1.807, 2.05) is 17.9 Å². The Morgan fingerprint density at radius 3 is 2.89 bits per heavy atom. The number of amides is 1. The molecule has 1 aromatic heterocycles. The number of anilines is 1. The van der Waals surface area contributed by atoms with Crippen molar-refractivity contribution < 1.29 is 4.79 Å². The summed E-state index contributed by atoms with van der Waals surface area (Å²) in [4.78, 5) is 17.9. The number of pyridine rings is 1. The van der Waals surface area contributed by atoms with E-state index in [4.69, 9.17) is 5.73 Å². The summed E-state index contributed by atoms with van der Waals surface area (Å²) < 4.78 is 0. The van der Waals surface area contributed by atoms with Crippen molar-refractivity contribution >= 4 is 11.7 Å². The molecule has 0 saturated carbocycles. The van der Waals surface area contributed by atoms with Gasteiger partial charge in [-0.25, -0.2) is 4.98 Å². The van der Waals surface area contributed by atoms with Crippen LogP contribution in [0.5, 0.6) is 0 Å². The van der Waals surface area contributed by atoms with Crippen molar-refractivity contribution in [2.45, 2.75) is 32.7 Å². The van der Waals surface area contributed by atoms with Crippen molar-refractivity contribution in [1.29, 1.82) is 5.26 Å². The van der Waals surface area contributed by atoms with Crippen LogP contribution in [-0.2, 0) is 4.79 Å². The molecule has 2 unspecified atom stereocenters. The summed E-state index contributed by atoms with van der Waals surface area (Å²) in [6, 6.07) is 6.02. The summed E-state index contributed by atoms with van der Waals surface area (Å²) in [5.74, 6) is 0.231. The summed E-state index contributed by atoms with van der Waals surface area (Å²) in [5.41, 5.74) is 6.81. The molecule has 0 bridgehead atoms. The van der Waals surface area contributed by atoms with Gasteiger partial charge in [-0.15, -0.1) is 0 Å². The van der Waals surface area contributed by atoms with Gasteiger partial charge < -0.3 is 10.6 Å². The minimum Gasteiger partial charge on any atom is -0.369 e. The van der Waals surface area contributed by atoms with Crippen molar-refractivity contribution in [3.8, 4) is 6.07 Å². The molecular formula is C14H18N4O. The number of nitrogens with two attached hydrogens (primary N) is 1. The normalized spacial score (nSPS) is 22.9. The molecule has 2 heterocycles. The maximum absolute atomic E-state index is 11.4. The van der Waals surface area contributed by atoms with Crippen molar-refractivity contribution in [2.24, 2.45) is 11.7 Å². The first-order chi connectivity index (χ1) is 9.02. The molecule has 0 radical (unpaired) electrons. The van der Waals surface area contributed by atoms with E-state index in [0.29, 0.717) is 17.9 Å². The predicted octanol–water partition coefficient (Wildman–Crippen LogP) is 1.35. The molecule has 1 aliphatic rings. The average Bonchev–Trinajstić information content (AvgIpc) is 2.39. The predicted molar refractivity (Wildman–Crippen MR) is 72.4 cm³/mol. The van der Waals surface area contributed by atoms with Crippen LogP contribution in [0.15, 0.2) is 12.1 Å². The lowest BCUT2D eigenvalue weighted by atomic mass is 9.92. The first-order valence-electron chi connectivity index (χ1n) is 6.46. The van der Waals surface area contributed by atoms with E-state index in [2.05, 4.69) is 18.0 Å². The van der Waals surface area contributed by atoms with Gasteiger partial charge in [0.25, 0.3) is 0 Å². The number of primary amides is 1. The highest BCUT2D eigenvalue weighted by Gasteiger charge is 2.30. The molecule has 1 fully saturated rings. The molecule has 0 aromatic carbocycles. The van der Waals surface area contributed by atoms with E-state index in [1.165, 1.54) is 0 Å². The topological polar surface area (TPSA) is 83.0 Å². The first kappa shape index (κ1) is 13.3. The van der Waals surface area contributed by atoms with Gasteiger partial charge in [0.15, 0.2) is 0 Å². The Labute approximate surface area is 113 Å². The fraction of sp³-hybridized carbons (Fsp3) is 0.500. The number of hydrogen-bond acceptors (Lipinski definition) is 4. The highest BCUT2D eigenvalue weighted by atomic mass is 16.1. The number of aryl methyl sites for hydroxylation is 1. The molecule has 1 amide bonds. The van der Waals surface area contributed by atoms with Gasteiger partial charge in [-0.2, -0.15) is 5.26 Å². The maximum atomic E-state index is 11.4. The molecule has 0 aliphatic carbocycles. The number of piperidine rings is 1. The van der Waals surface area contributed by atoms with Crippen molar-refractivity contribution in [3.05, 3.63) is 23.4 Å². The van der Waals surface area contributed by atoms with Crippen molar-refractivity contribution in [1.82, 2.24) is 4.98 Å². The minimum absolute atomic E-state index is 0.162. The fourth-order valence-corrected chi connectivity index (χ4v) is 2.48. The largest absolute Gasteiger partial charge is 0.369 e. The molecule has 1 aromatic rings. The third kappa shape index (κ3) is 2.68. The smallest absolute Gasteiger partial charge is 0.222 e. The van der Waals surface area contributed by atoms with Gasteiger partial charge in [0.1, 0.15) is 11.9 Å². The number of nitrogens with zero attached hydrogens (tertiary/aromatic N) is 3. The van der Waals surface area contributed by atoms with E-state index < -0.39 is 0 Å². The zero-order chi connectivity index (χ0) is 14.0. The molecule has 19 heavy (non-hydrogen) atoms. The second-order valence-electron chi connectivity index (χ2n) is 5.11. The summed E-state index contributed by atoms with van der Waals surface area (Å²) in [5, 5.41) is 9.19. The zero-order valence-corrected chi connectivity index (χ0v) is 11.3. The Kier molecular flexibility index (Phi) is 3.70. The summed E-state index contributed by atoms with van der Waals surface area (Å²) in [7, 11) is 0. The Bertz CT molecular complexity index is 535. The number of carbonyl (C=O) groups excluding carboxylic acids is 1. The Morgan fingerprint density at radius 1 is 1.53 bits per heavy atom. The van der Waals surface area contributed by atoms with Gasteiger partial charge in [0, 0.05) is 18.3 Å². The van der Waals surface area contributed by atoms with Crippen molar-refractivity contribution in [3.63, 3.8) is 0 Å². The lowest BCUT2D eigenvalue weighted by molar-refractivity contribution is -0.122. The number of aromatic nitrogens is 1. The lowest BCUT2D eigenvalue weighted by Crippen LogP contribution is -2.46. The van der Waals surface area contributed by atoms with E-state index >= 15 is 0 Å². The molecule has 2 atom stereocenters. The van der Waals surface area contributed by atoms with E-state index in [-0.39, 0.29) is 17.9 Å². The molecule has 2 rings (SSSR count). The molecule has 5 heteroatoms. The monoisotopic (exact) mass is 258 g/mol. The first-order valence-corrected chi connectivity index (χ1v) is 6.46. The van der Waals surface area contributed by atoms with Gasteiger partial charge in [0.05, 0.1) is 11.5 Å². The molecule has 1 saturated heterocycles. The molecule has 2 N–H and O–H groups in total. The lowest BCUT2D eigenvalue weighted by Gasteiger charge is -2.38. The summed E-state index contributed by atoms with van der Waals surface area (Å²) in [6.07, 6.45) is 1.69. The van der Waals surface area contributed by atoms with Crippen LogP contribution in [-0.4, -0.2) is 23.5 Å². The van der Waals surface area contributed by atoms with E-state index in [9.17, 15) is 10.1 Å².